The van der Waals surface area contributed by atoms with E-state index in [0.717, 1.165) is 11.8 Å². The van der Waals surface area contributed by atoms with Crippen LogP contribution >= 0.6 is 11.8 Å². The largest absolute Gasteiger partial charge is 0.379 e. The summed E-state index contributed by atoms with van der Waals surface area (Å²) in [6, 6.07) is 11.9. The summed E-state index contributed by atoms with van der Waals surface area (Å²) >= 11 is 1.68. The van der Waals surface area contributed by atoms with Crippen LogP contribution in [0.3, 0.4) is 0 Å². The summed E-state index contributed by atoms with van der Waals surface area (Å²) in [6.07, 6.45) is 2.02. The lowest BCUT2D eigenvalue weighted by Crippen LogP contribution is -2.07. The molecular weight excluding hydrogens is 264 g/mol. The van der Waals surface area contributed by atoms with Crippen molar-refractivity contribution in [3.05, 3.63) is 59.7 Å². The number of benzene rings is 2. The number of rotatable bonds is 4. The highest BCUT2D eigenvalue weighted by molar-refractivity contribution is 7.98. The van der Waals surface area contributed by atoms with Crippen LogP contribution in [-0.2, 0) is 0 Å². The first-order valence-corrected chi connectivity index (χ1v) is 7.18. The second-order valence-electron chi connectivity index (χ2n) is 4.27. The zero-order valence-corrected chi connectivity index (χ0v) is 11.6. The van der Waals surface area contributed by atoms with E-state index in [1.807, 2.05) is 37.4 Å². The van der Waals surface area contributed by atoms with E-state index in [0.29, 0.717) is 5.56 Å². The van der Waals surface area contributed by atoms with Gasteiger partial charge in [0.15, 0.2) is 11.6 Å². The number of halogens is 2. The second kappa shape index (κ2) is 6.06. The van der Waals surface area contributed by atoms with E-state index in [4.69, 9.17) is 0 Å². The molecule has 0 bridgehead atoms. The lowest BCUT2D eigenvalue weighted by atomic mass is 10.1. The van der Waals surface area contributed by atoms with Gasteiger partial charge < -0.3 is 5.32 Å². The normalized spacial score (nSPS) is 12.2. The minimum Gasteiger partial charge on any atom is -0.379 e. The molecule has 4 heteroatoms. The fourth-order valence-electron chi connectivity index (χ4n) is 1.80. The summed E-state index contributed by atoms with van der Waals surface area (Å²) in [5, 5.41) is 3.26. The van der Waals surface area contributed by atoms with E-state index >= 15 is 0 Å². The third kappa shape index (κ3) is 3.47. The van der Waals surface area contributed by atoms with Gasteiger partial charge in [-0.15, -0.1) is 11.8 Å². The van der Waals surface area contributed by atoms with Crippen molar-refractivity contribution in [3.8, 4) is 0 Å². The SMILES string of the molecule is CSc1ccc(NC(C)c2ccc(F)c(F)c2)cc1. The Balaban J connectivity index is 2.10. The molecule has 2 rings (SSSR count). The maximum Gasteiger partial charge on any atom is 0.159 e. The molecule has 0 saturated heterocycles. The van der Waals surface area contributed by atoms with E-state index in [1.165, 1.54) is 11.0 Å². The lowest BCUT2D eigenvalue weighted by molar-refractivity contribution is 0.506. The molecule has 19 heavy (non-hydrogen) atoms. The van der Waals surface area contributed by atoms with E-state index in [9.17, 15) is 8.78 Å². The Bertz CT molecular complexity index is 555. The van der Waals surface area contributed by atoms with Gasteiger partial charge in [0.1, 0.15) is 0 Å². The fourth-order valence-corrected chi connectivity index (χ4v) is 2.21. The molecule has 0 aliphatic heterocycles. The van der Waals surface area contributed by atoms with Crippen molar-refractivity contribution >= 4 is 17.4 Å². The smallest absolute Gasteiger partial charge is 0.159 e. The minimum absolute atomic E-state index is 0.0878. The first-order valence-electron chi connectivity index (χ1n) is 5.95. The van der Waals surface area contributed by atoms with E-state index in [2.05, 4.69) is 5.32 Å². The molecule has 0 aliphatic carbocycles. The van der Waals surface area contributed by atoms with Crippen LogP contribution in [0.2, 0.25) is 0 Å². The Morgan fingerprint density at radius 3 is 2.26 bits per heavy atom. The molecule has 0 spiro atoms. The van der Waals surface area contributed by atoms with Crippen LogP contribution in [0.5, 0.6) is 0 Å². The lowest BCUT2D eigenvalue weighted by Gasteiger charge is -2.16. The highest BCUT2D eigenvalue weighted by Crippen LogP contribution is 2.23. The van der Waals surface area contributed by atoms with Gasteiger partial charge >= 0.3 is 0 Å². The van der Waals surface area contributed by atoms with Crippen molar-refractivity contribution in [1.29, 1.82) is 0 Å². The monoisotopic (exact) mass is 279 g/mol. The van der Waals surface area contributed by atoms with Crippen molar-refractivity contribution < 1.29 is 8.78 Å². The molecule has 2 aromatic rings. The highest BCUT2D eigenvalue weighted by Gasteiger charge is 2.09. The summed E-state index contributed by atoms with van der Waals surface area (Å²) in [5.41, 5.74) is 1.67. The van der Waals surface area contributed by atoms with Gasteiger partial charge in [0.25, 0.3) is 0 Å². The number of hydrogen-bond donors (Lipinski definition) is 1. The molecule has 0 saturated carbocycles. The molecule has 0 aromatic heterocycles. The molecule has 0 heterocycles. The van der Waals surface area contributed by atoms with Gasteiger partial charge in [0.2, 0.25) is 0 Å². The number of thioether (sulfide) groups is 1. The Hall–Kier alpha value is -1.55. The van der Waals surface area contributed by atoms with Gasteiger partial charge in [-0.2, -0.15) is 0 Å². The van der Waals surface area contributed by atoms with Crippen LogP contribution < -0.4 is 5.32 Å². The Kier molecular flexibility index (Phi) is 4.43. The maximum absolute atomic E-state index is 13.2. The third-order valence-electron chi connectivity index (χ3n) is 2.92. The van der Waals surface area contributed by atoms with E-state index in [-0.39, 0.29) is 6.04 Å². The van der Waals surface area contributed by atoms with E-state index < -0.39 is 11.6 Å². The highest BCUT2D eigenvalue weighted by atomic mass is 32.2. The van der Waals surface area contributed by atoms with Crippen molar-refractivity contribution in [1.82, 2.24) is 0 Å². The third-order valence-corrected chi connectivity index (χ3v) is 3.66. The summed E-state index contributed by atoms with van der Waals surface area (Å²) in [6.45, 7) is 1.91. The summed E-state index contributed by atoms with van der Waals surface area (Å²) < 4.78 is 26.0. The molecule has 0 fully saturated rings. The molecule has 1 N–H and O–H groups in total. The predicted molar refractivity (Wildman–Crippen MR) is 76.6 cm³/mol. The molecule has 0 aliphatic rings. The molecule has 0 amide bonds. The van der Waals surface area contributed by atoms with Gasteiger partial charge in [0, 0.05) is 16.6 Å². The summed E-state index contributed by atoms with van der Waals surface area (Å²) in [7, 11) is 0. The van der Waals surface area contributed by atoms with Crippen LogP contribution in [0.1, 0.15) is 18.5 Å². The van der Waals surface area contributed by atoms with Gasteiger partial charge in [0.05, 0.1) is 0 Å². The van der Waals surface area contributed by atoms with Crippen LogP contribution in [0, 0.1) is 11.6 Å². The first-order chi connectivity index (χ1) is 9.10. The Morgan fingerprint density at radius 2 is 1.68 bits per heavy atom. The second-order valence-corrected chi connectivity index (χ2v) is 5.15. The van der Waals surface area contributed by atoms with Gasteiger partial charge in [-0.25, -0.2) is 8.78 Å². The zero-order valence-electron chi connectivity index (χ0n) is 10.8. The molecule has 1 unspecified atom stereocenters. The molecular formula is C15H15F2NS. The van der Waals surface area contributed by atoms with Crippen LogP contribution in [0.25, 0.3) is 0 Å². The van der Waals surface area contributed by atoms with Gasteiger partial charge in [-0.3, -0.25) is 0 Å². The number of nitrogens with one attached hydrogen (secondary N) is 1. The number of anilines is 1. The summed E-state index contributed by atoms with van der Waals surface area (Å²) in [5.74, 6) is -1.64. The molecule has 100 valence electrons. The van der Waals surface area contributed by atoms with Crippen LogP contribution in [0.4, 0.5) is 14.5 Å². The molecule has 1 atom stereocenters. The zero-order chi connectivity index (χ0) is 13.8. The summed E-state index contributed by atoms with van der Waals surface area (Å²) in [4.78, 5) is 1.19. The quantitative estimate of drug-likeness (QED) is 0.802. The fraction of sp³-hybridized carbons (Fsp3) is 0.200. The van der Waals surface area contributed by atoms with Gasteiger partial charge in [-0.1, -0.05) is 6.07 Å². The molecule has 1 nitrogen and oxygen atoms in total. The topological polar surface area (TPSA) is 12.0 Å². The van der Waals surface area contributed by atoms with Crippen LogP contribution in [0.15, 0.2) is 47.4 Å². The first kappa shape index (κ1) is 13.9. The van der Waals surface area contributed by atoms with Crippen molar-refractivity contribution in [2.75, 3.05) is 11.6 Å². The van der Waals surface area contributed by atoms with Crippen molar-refractivity contribution in [3.63, 3.8) is 0 Å². The maximum atomic E-state index is 13.2. The van der Waals surface area contributed by atoms with E-state index in [1.54, 1.807) is 17.8 Å². The Labute approximate surface area is 116 Å². The average Bonchev–Trinajstić information content (AvgIpc) is 2.42. The standard InChI is InChI=1S/C15H15F2NS/c1-10(11-3-8-14(16)15(17)9-11)18-12-4-6-13(19-2)7-5-12/h3-10,18H,1-2H3. The van der Waals surface area contributed by atoms with Crippen LogP contribution in [-0.4, -0.2) is 6.26 Å². The average molecular weight is 279 g/mol. The number of hydrogen-bond acceptors (Lipinski definition) is 2. The van der Waals surface area contributed by atoms with Gasteiger partial charge in [-0.05, 0) is 55.1 Å². The predicted octanol–water partition coefficient (Wildman–Crippen LogP) is 4.86. The Morgan fingerprint density at radius 1 is 1.00 bits per heavy atom. The minimum atomic E-state index is -0.819. The van der Waals surface area contributed by atoms with Crippen molar-refractivity contribution in [2.24, 2.45) is 0 Å². The molecule has 0 radical (unpaired) electrons. The molecule has 2 aromatic carbocycles. The van der Waals surface area contributed by atoms with Crippen molar-refractivity contribution in [2.45, 2.75) is 17.9 Å².